The molecule has 0 aliphatic heterocycles. The third-order valence-corrected chi connectivity index (χ3v) is 9.33. The van der Waals surface area contributed by atoms with Gasteiger partial charge in [-0.2, -0.15) is 0 Å². The Morgan fingerprint density at radius 1 is 0.885 bits per heavy atom. The summed E-state index contributed by atoms with van der Waals surface area (Å²) in [6, 6.07) is 0. The van der Waals surface area contributed by atoms with E-state index in [2.05, 4.69) is 13.8 Å². The van der Waals surface area contributed by atoms with Gasteiger partial charge in [0, 0.05) is 0 Å². The van der Waals surface area contributed by atoms with Crippen molar-refractivity contribution in [2.75, 3.05) is 6.79 Å². The normalized spacial score (nSPS) is 51.2. The van der Waals surface area contributed by atoms with Gasteiger partial charge in [-0.15, -0.1) is 0 Å². The summed E-state index contributed by atoms with van der Waals surface area (Å²) in [5.41, 5.74) is 0. The molecule has 0 aromatic heterocycles. The maximum atomic E-state index is 12.8. The number of rotatable bonds is 6. The van der Waals surface area contributed by atoms with Crippen molar-refractivity contribution in [1.82, 2.24) is 0 Å². The Kier molecular flexibility index (Phi) is 4.58. The predicted octanol–water partition coefficient (Wildman–Crippen LogP) is 5.04. The second-order valence-corrected chi connectivity index (χ2v) is 10.2. The molecule has 4 bridgehead atoms. The summed E-state index contributed by atoms with van der Waals surface area (Å²) < 4.78 is 11.6. The van der Waals surface area contributed by atoms with Crippen LogP contribution in [0.5, 0.6) is 0 Å². The maximum absolute atomic E-state index is 12.8. The summed E-state index contributed by atoms with van der Waals surface area (Å²) in [5.74, 6) is 6.68. The molecule has 0 amide bonds. The minimum absolute atomic E-state index is 0.0499. The smallest absolute Gasteiger partial charge is 0.311 e. The van der Waals surface area contributed by atoms with Gasteiger partial charge in [0.05, 0.1) is 12.0 Å². The topological polar surface area (TPSA) is 35.5 Å². The Hall–Kier alpha value is -0.570. The van der Waals surface area contributed by atoms with Crippen LogP contribution in [0.15, 0.2) is 0 Å². The van der Waals surface area contributed by atoms with E-state index >= 15 is 0 Å². The number of esters is 1. The fourth-order valence-corrected chi connectivity index (χ4v) is 8.34. The molecular formula is C23H36O3. The van der Waals surface area contributed by atoms with Crippen LogP contribution in [0.2, 0.25) is 0 Å². The van der Waals surface area contributed by atoms with Gasteiger partial charge in [-0.3, -0.25) is 4.79 Å². The molecule has 26 heavy (non-hydrogen) atoms. The number of carbonyl (C=O) groups is 1. The highest BCUT2D eigenvalue weighted by Gasteiger charge is 2.61. The first-order valence-corrected chi connectivity index (χ1v) is 11.5. The second-order valence-electron chi connectivity index (χ2n) is 10.2. The lowest BCUT2D eigenvalue weighted by atomic mass is 9.70. The molecule has 0 N–H and O–H groups in total. The van der Waals surface area contributed by atoms with Gasteiger partial charge in [-0.1, -0.05) is 26.7 Å². The van der Waals surface area contributed by atoms with E-state index in [4.69, 9.17) is 9.47 Å². The third kappa shape index (κ3) is 2.67. The SMILES string of the molecule is CCC1CC(CC)C2C3CC(CC3C(=O)OCOC3CC4CCC3C4)C12. The Labute approximate surface area is 158 Å². The quantitative estimate of drug-likeness (QED) is 0.492. The maximum Gasteiger partial charge on any atom is 0.311 e. The standard InChI is InChI=1S/C23H36O3/c1-3-14-9-15(4-2)22-18-10-17(21(14)22)11-19(18)23(24)26-12-25-20-8-13-5-6-16(20)7-13/h13-22H,3-12H2,1-2H3. The van der Waals surface area contributed by atoms with E-state index in [1.54, 1.807) is 0 Å². The van der Waals surface area contributed by atoms with Crippen LogP contribution in [0, 0.1) is 53.3 Å². The minimum Gasteiger partial charge on any atom is -0.438 e. The summed E-state index contributed by atoms with van der Waals surface area (Å²) in [4.78, 5) is 12.8. The molecule has 0 aromatic rings. The second kappa shape index (κ2) is 6.79. The van der Waals surface area contributed by atoms with Gasteiger partial charge in [0.15, 0.2) is 6.79 Å². The minimum atomic E-state index is 0.0499. The van der Waals surface area contributed by atoms with E-state index < -0.39 is 0 Å². The predicted molar refractivity (Wildman–Crippen MR) is 100 cm³/mol. The molecule has 5 fully saturated rings. The zero-order valence-electron chi connectivity index (χ0n) is 16.6. The van der Waals surface area contributed by atoms with E-state index in [1.807, 2.05) is 0 Å². The van der Waals surface area contributed by atoms with E-state index in [0.717, 1.165) is 47.8 Å². The third-order valence-electron chi connectivity index (χ3n) is 9.33. The molecule has 5 aliphatic rings. The van der Waals surface area contributed by atoms with Crippen LogP contribution in [0.3, 0.4) is 0 Å². The average molecular weight is 361 g/mol. The number of hydrogen-bond donors (Lipinski definition) is 0. The largest absolute Gasteiger partial charge is 0.438 e. The Balaban J connectivity index is 1.16. The summed E-state index contributed by atoms with van der Waals surface area (Å²) >= 11 is 0. The van der Waals surface area contributed by atoms with Crippen LogP contribution in [-0.4, -0.2) is 18.9 Å². The van der Waals surface area contributed by atoms with Gasteiger partial charge in [0.1, 0.15) is 0 Å². The molecule has 146 valence electrons. The summed E-state index contributed by atoms with van der Waals surface area (Å²) in [6.45, 7) is 4.91. The van der Waals surface area contributed by atoms with Crippen molar-refractivity contribution in [1.29, 1.82) is 0 Å². The first-order chi connectivity index (χ1) is 12.7. The van der Waals surface area contributed by atoms with Crippen molar-refractivity contribution < 1.29 is 14.3 Å². The van der Waals surface area contributed by atoms with Crippen LogP contribution in [0.25, 0.3) is 0 Å². The van der Waals surface area contributed by atoms with E-state index in [9.17, 15) is 4.79 Å². The Bertz CT molecular complexity index is 546. The zero-order valence-corrected chi connectivity index (χ0v) is 16.6. The van der Waals surface area contributed by atoms with E-state index in [1.165, 1.54) is 51.4 Å². The highest BCUT2D eigenvalue weighted by molar-refractivity contribution is 5.73. The van der Waals surface area contributed by atoms with Gasteiger partial charge < -0.3 is 9.47 Å². The van der Waals surface area contributed by atoms with E-state index in [-0.39, 0.29) is 18.7 Å². The van der Waals surface area contributed by atoms with Crippen LogP contribution in [0.1, 0.15) is 71.6 Å². The van der Waals surface area contributed by atoms with Crippen molar-refractivity contribution >= 4 is 5.97 Å². The molecule has 0 radical (unpaired) electrons. The van der Waals surface area contributed by atoms with Crippen LogP contribution >= 0.6 is 0 Å². The molecule has 5 saturated carbocycles. The lowest BCUT2D eigenvalue weighted by Crippen LogP contribution is -2.35. The number of fused-ring (bicyclic) bond motifs is 7. The summed E-state index contributed by atoms with van der Waals surface area (Å²) in [6.07, 6.45) is 12.0. The van der Waals surface area contributed by atoms with Crippen molar-refractivity contribution in [2.24, 2.45) is 53.3 Å². The van der Waals surface area contributed by atoms with Crippen molar-refractivity contribution in [3.8, 4) is 0 Å². The molecule has 5 rings (SSSR count). The molecule has 0 heterocycles. The first-order valence-electron chi connectivity index (χ1n) is 11.5. The Morgan fingerprint density at radius 2 is 1.69 bits per heavy atom. The molecule has 0 spiro atoms. The molecule has 5 aliphatic carbocycles. The Morgan fingerprint density at radius 3 is 2.38 bits per heavy atom. The number of carbonyl (C=O) groups excluding carboxylic acids is 1. The molecule has 0 aromatic carbocycles. The van der Waals surface area contributed by atoms with Crippen molar-refractivity contribution in [2.45, 2.75) is 77.7 Å². The highest BCUT2D eigenvalue weighted by Crippen LogP contribution is 2.65. The summed E-state index contributed by atoms with van der Waals surface area (Å²) in [7, 11) is 0. The molecule has 10 atom stereocenters. The van der Waals surface area contributed by atoms with Crippen molar-refractivity contribution in [3.63, 3.8) is 0 Å². The fourth-order valence-electron chi connectivity index (χ4n) is 8.34. The van der Waals surface area contributed by atoms with Gasteiger partial charge in [0.25, 0.3) is 0 Å². The van der Waals surface area contributed by atoms with Crippen LogP contribution < -0.4 is 0 Å². The van der Waals surface area contributed by atoms with Gasteiger partial charge in [-0.05, 0) is 92.3 Å². The monoisotopic (exact) mass is 360 g/mol. The van der Waals surface area contributed by atoms with Gasteiger partial charge >= 0.3 is 5.97 Å². The van der Waals surface area contributed by atoms with Crippen molar-refractivity contribution in [3.05, 3.63) is 0 Å². The van der Waals surface area contributed by atoms with Gasteiger partial charge in [0.2, 0.25) is 0 Å². The lowest BCUT2D eigenvalue weighted by molar-refractivity contribution is -0.171. The highest BCUT2D eigenvalue weighted by atomic mass is 16.7. The molecule has 3 nitrogen and oxygen atoms in total. The molecule has 3 heteroatoms. The van der Waals surface area contributed by atoms with E-state index in [0.29, 0.717) is 12.0 Å². The average Bonchev–Trinajstić information content (AvgIpc) is 3.44. The fraction of sp³-hybridized carbons (Fsp3) is 0.957. The lowest BCUT2D eigenvalue weighted by Gasteiger charge is -2.34. The first kappa shape index (κ1) is 17.5. The molecule has 10 unspecified atom stereocenters. The zero-order chi connectivity index (χ0) is 17.8. The van der Waals surface area contributed by atoms with Crippen LogP contribution in [0.4, 0.5) is 0 Å². The number of ether oxygens (including phenoxy) is 2. The van der Waals surface area contributed by atoms with Gasteiger partial charge in [-0.25, -0.2) is 0 Å². The summed E-state index contributed by atoms with van der Waals surface area (Å²) in [5, 5.41) is 0. The number of hydrogen-bond acceptors (Lipinski definition) is 3. The molecular weight excluding hydrogens is 324 g/mol. The molecule has 0 saturated heterocycles. The van der Waals surface area contributed by atoms with Crippen LogP contribution in [-0.2, 0) is 14.3 Å².